The molecule has 22 heavy (non-hydrogen) atoms. The van der Waals surface area contributed by atoms with Crippen LogP contribution in [0.2, 0.25) is 15.1 Å². The zero-order chi connectivity index (χ0) is 16.4. The number of rotatable bonds is 3. The summed E-state index contributed by atoms with van der Waals surface area (Å²) in [6, 6.07) is 4.96. The lowest BCUT2D eigenvalue weighted by Crippen LogP contribution is -2.19. The number of carbonyl (C=O) groups is 1. The van der Waals surface area contributed by atoms with Crippen LogP contribution in [0.4, 0.5) is 0 Å². The van der Waals surface area contributed by atoms with E-state index in [1.54, 1.807) is 39.0 Å². The van der Waals surface area contributed by atoms with E-state index in [4.69, 9.17) is 39.2 Å². The molecule has 0 bridgehead atoms. The van der Waals surface area contributed by atoms with Crippen molar-refractivity contribution in [3.05, 3.63) is 55.9 Å². The highest BCUT2D eigenvalue weighted by atomic mass is 35.5. The smallest absolute Gasteiger partial charge is 0.274 e. The van der Waals surface area contributed by atoms with Gasteiger partial charge in [-0.2, -0.15) is 5.10 Å². The number of nitrogens with zero attached hydrogens (tertiary/aromatic N) is 1. The number of nitrogens with one attached hydrogen (secondary N) is 1. The molecule has 0 aliphatic heterocycles. The second kappa shape index (κ2) is 6.73. The van der Waals surface area contributed by atoms with Gasteiger partial charge >= 0.3 is 0 Å². The van der Waals surface area contributed by atoms with Crippen molar-refractivity contribution < 1.29 is 9.21 Å². The van der Waals surface area contributed by atoms with Crippen LogP contribution >= 0.6 is 34.8 Å². The van der Waals surface area contributed by atoms with Gasteiger partial charge in [0.2, 0.25) is 0 Å². The number of amides is 1. The SMILES string of the molecule is C/C(=N/NC(=O)c1cc(C)oc1C)c1ccc(Cl)c(Cl)c1Cl. The second-order valence-electron chi connectivity index (χ2n) is 4.69. The Labute approximate surface area is 143 Å². The topological polar surface area (TPSA) is 54.6 Å². The molecule has 1 aromatic heterocycles. The number of hydrazone groups is 1. The summed E-state index contributed by atoms with van der Waals surface area (Å²) >= 11 is 18.0. The minimum absolute atomic E-state index is 0.253. The molecule has 0 aliphatic carbocycles. The first-order chi connectivity index (χ1) is 10.3. The lowest BCUT2D eigenvalue weighted by molar-refractivity contribution is 0.0953. The van der Waals surface area contributed by atoms with Gasteiger partial charge in [0.15, 0.2) is 0 Å². The van der Waals surface area contributed by atoms with Gasteiger partial charge in [0.05, 0.1) is 26.3 Å². The number of carbonyl (C=O) groups excluding carboxylic acids is 1. The number of halogens is 3. The maximum atomic E-state index is 12.1. The summed E-state index contributed by atoms with van der Waals surface area (Å²) in [6.07, 6.45) is 0. The normalized spacial score (nSPS) is 11.6. The zero-order valence-electron chi connectivity index (χ0n) is 12.1. The first-order valence-corrected chi connectivity index (χ1v) is 7.50. The summed E-state index contributed by atoms with van der Waals surface area (Å²) in [5, 5.41) is 4.94. The van der Waals surface area contributed by atoms with E-state index in [1.165, 1.54) is 0 Å². The van der Waals surface area contributed by atoms with E-state index in [9.17, 15) is 4.79 Å². The molecule has 0 radical (unpaired) electrons. The average molecular weight is 360 g/mol. The van der Waals surface area contributed by atoms with Gasteiger partial charge in [-0.15, -0.1) is 0 Å². The van der Waals surface area contributed by atoms with E-state index in [2.05, 4.69) is 10.5 Å². The molecule has 1 N–H and O–H groups in total. The minimum Gasteiger partial charge on any atom is -0.466 e. The predicted octanol–water partition coefficient (Wildman–Crippen LogP) is 5.01. The van der Waals surface area contributed by atoms with Crippen molar-refractivity contribution in [1.82, 2.24) is 5.43 Å². The van der Waals surface area contributed by atoms with Gasteiger partial charge in [-0.05, 0) is 32.9 Å². The van der Waals surface area contributed by atoms with Crippen LogP contribution in [0.15, 0.2) is 27.7 Å². The van der Waals surface area contributed by atoms with Gasteiger partial charge in [-0.3, -0.25) is 4.79 Å². The molecule has 2 rings (SSSR count). The first-order valence-electron chi connectivity index (χ1n) is 6.36. The molecule has 116 valence electrons. The molecule has 1 heterocycles. The number of hydrogen-bond donors (Lipinski definition) is 1. The molecule has 0 saturated carbocycles. The van der Waals surface area contributed by atoms with E-state index in [-0.39, 0.29) is 10.9 Å². The largest absolute Gasteiger partial charge is 0.466 e. The van der Waals surface area contributed by atoms with Crippen LogP contribution in [0.3, 0.4) is 0 Å². The molecule has 0 spiro atoms. The standard InChI is InChI=1S/C15H13Cl3N2O2/c1-7-6-11(9(3)22-7)15(21)20-19-8(2)10-4-5-12(16)14(18)13(10)17/h4-6H,1-3H3,(H,20,21)/b19-8-. The van der Waals surface area contributed by atoms with Crippen molar-refractivity contribution in [1.29, 1.82) is 0 Å². The maximum Gasteiger partial charge on any atom is 0.274 e. The van der Waals surface area contributed by atoms with Crippen molar-refractivity contribution in [2.75, 3.05) is 0 Å². The van der Waals surface area contributed by atoms with E-state index >= 15 is 0 Å². The van der Waals surface area contributed by atoms with Crippen LogP contribution in [0.5, 0.6) is 0 Å². The quantitative estimate of drug-likeness (QED) is 0.476. The van der Waals surface area contributed by atoms with Crippen LogP contribution < -0.4 is 5.43 Å². The molecular weight excluding hydrogens is 347 g/mol. The summed E-state index contributed by atoms with van der Waals surface area (Å²) in [5.74, 6) is 0.844. The number of aryl methyl sites for hydroxylation is 2. The summed E-state index contributed by atoms with van der Waals surface area (Å²) in [5.41, 5.74) is 4.01. The van der Waals surface area contributed by atoms with Gasteiger partial charge in [-0.25, -0.2) is 5.43 Å². The van der Waals surface area contributed by atoms with E-state index < -0.39 is 0 Å². The fourth-order valence-corrected chi connectivity index (χ4v) is 2.59. The number of benzene rings is 1. The third-order valence-electron chi connectivity index (χ3n) is 3.04. The highest BCUT2D eigenvalue weighted by Crippen LogP contribution is 2.32. The van der Waals surface area contributed by atoms with Gasteiger partial charge in [0.25, 0.3) is 5.91 Å². The van der Waals surface area contributed by atoms with Crippen LogP contribution in [-0.2, 0) is 0 Å². The summed E-state index contributed by atoms with van der Waals surface area (Å²) < 4.78 is 5.31. The van der Waals surface area contributed by atoms with Crippen molar-refractivity contribution in [3.63, 3.8) is 0 Å². The van der Waals surface area contributed by atoms with Gasteiger partial charge in [0.1, 0.15) is 11.5 Å². The Morgan fingerprint density at radius 1 is 1.14 bits per heavy atom. The average Bonchev–Trinajstić information content (AvgIpc) is 2.81. The molecule has 7 heteroatoms. The highest BCUT2D eigenvalue weighted by molar-refractivity contribution is 6.49. The Morgan fingerprint density at radius 3 is 2.41 bits per heavy atom. The predicted molar refractivity (Wildman–Crippen MR) is 89.3 cm³/mol. The van der Waals surface area contributed by atoms with Crippen LogP contribution in [0.1, 0.15) is 34.4 Å². The van der Waals surface area contributed by atoms with E-state index in [1.807, 2.05) is 0 Å². The van der Waals surface area contributed by atoms with Crippen LogP contribution in [0.25, 0.3) is 0 Å². The second-order valence-corrected chi connectivity index (χ2v) is 5.85. The molecular formula is C15H13Cl3N2O2. The summed E-state index contributed by atoms with van der Waals surface area (Å²) in [7, 11) is 0. The molecule has 2 aromatic rings. The lowest BCUT2D eigenvalue weighted by atomic mass is 10.1. The lowest BCUT2D eigenvalue weighted by Gasteiger charge is -2.07. The Kier molecular flexibility index (Phi) is 5.16. The number of furan rings is 1. The Hall–Kier alpha value is -1.49. The van der Waals surface area contributed by atoms with Gasteiger partial charge < -0.3 is 4.42 Å². The molecule has 0 fully saturated rings. The molecule has 0 saturated heterocycles. The monoisotopic (exact) mass is 358 g/mol. The van der Waals surface area contributed by atoms with Crippen molar-refractivity contribution in [3.8, 4) is 0 Å². The van der Waals surface area contributed by atoms with E-state index in [0.29, 0.717) is 38.4 Å². The van der Waals surface area contributed by atoms with Crippen molar-refractivity contribution >= 4 is 46.4 Å². The van der Waals surface area contributed by atoms with Gasteiger partial charge in [-0.1, -0.05) is 40.9 Å². The van der Waals surface area contributed by atoms with Crippen molar-refractivity contribution in [2.24, 2.45) is 5.10 Å². The van der Waals surface area contributed by atoms with Crippen LogP contribution in [0, 0.1) is 13.8 Å². The molecule has 1 amide bonds. The highest BCUT2D eigenvalue weighted by Gasteiger charge is 2.14. The number of hydrogen-bond acceptors (Lipinski definition) is 3. The Bertz CT molecular complexity index is 766. The van der Waals surface area contributed by atoms with Gasteiger partial charge in [0, 0.05) is 5.56 Å². The summed E-state index contributed by atoms with van der Waals surface area (Å²) in [4.78, 5) is 12.1. The van der Waals surface area contributed by atoms with Crippen LogP contribution in [-0.4, -0.2) is 11.6 Å². The fraction of sp³-hybridized carbons (Fsp3) is 0.200. The minimum atomic E-state index is -0.357. The Morgan fingerprint density at radius 2 is 1.82 bits per heavy atom. The Balaban J connectivity index is 2.22. The molecule has 0 aliphatic rings. The fourth-order valence-electron chi connectivity index (χ4n) is 1.92. The van der Waals surface area contributed by atoms with Crippen molar-refractivity contribution in [2.45, 2.75) is 20.8 Å². The third-order valence-corrected chi connectivity index (χ3v) is 4.33. The maximum absolute atomic E-state index is 12.1. The van der Waals surface area contributed by atoms with E-state index in [0.717, 1.165) is 0 Å². The molecule has 0 unspecified atom stereocenters. The first kappa shape index (κ1) is 16.9. The molecule has 4 nitrogen and oxygen atoms in total. The zero-order valence-corrected chi connectivity index (χ0v) is 14.4. The molecule has 0 atom stereocenters. The summed E-state index contributed by atoms with van der Waals surface area (Å²) in [6.45, 7) is 5.20. The third kappa shape index (κ3) is 3.46. The molecule has 1 aromatic carbocycles.